The van der Waals surface area contributed by atoms with Gasteiger partial charge in [-0.3, -0.25) is 14.3 Å². The number of unbranched alkanes of at least 4 members (excludes halogenated alkanes) is 1. The molecule has 0 saturated heterocycles. The second-order valence-corrected chi connectivity index (χ2v) is 4.68. The minimum atomic E-state index is -0.590. The SMILES string of the molecule is CCCCn1c(=O)[nH]c(=O)c2c1ncn2CC(C)O. The van der Waals surface area contributed by atoms with Crippen LogP contribution in [0.1, 0.15) is 26.7 Å². The van der Waals surface area contributed by atoms with E-state index in [0.29, 0.717) is 17.7 Å². The lowest BCUT2D eigenvalue weighted by Crippen LogP contribution is -2.31. The highest BCUT2D eigenvalue weighted by Gasteiger charge is 2.14. The van der Waals surface area contributed by atoms with Crippen molar-refractivity contribution in [2.24, 2.45) is 0 Å². The number of aryl methyl sites for hydroxylation is 1. The van der Waals surface area contributed by atoms with E-state index in [-0.39, 0.29) is 6.54 Å². The zero-order chi connectivity index (χ0) is 14.0. The van der Waals surface area contributed by atoms with Crippen molar-refractivity contribution in [2.45, 2.75) is 45.9 Å². The highest BCUT2D eigenvalue weighted by atomic mass is 16.3. The van der Waals surface area contributed by atoms with Crippen LogP contribution in [0.5, 0.6) is 0 Å². The third-order valence-corrected chi connectivity index (χ3v) is 2.95. The van der Waals surface area contributed by atoms with Crippen LogP contribution in [0, 0.1) is 0 Å². The van der Waals surface area contributed by atoms with Crippen LogP contribution in [0.15, 0.2) is 15.9 Å². The smallest absolute Gasteiger partial charge is 0.330 e. The molecule has 7 heteroatoms. The van der Waals surface area contributed by atoms with Gasteiger partial charge in [0.25, 0.3) is 5.56 Å². The first-order valence-electron chi connectivity index (χ1n) is 6.40. The molecule has 0 aliphatic carbocycles. The summed E-state index contributed by atoms with van der Waals surface area (Å²) in [4.78, 5) is 30.1. The highest BCUT2D eigenvalue weighted by molar-refractivity contribution is 5.69. The van der Waals surface area contributed by atoms with E-state index in [1.165, 1.54) is 10.9 Å². The Hall–Kier alpha value is -1.89. The maximum Gasteiger partial charge on any atom is 0.330 e. The van der Waals surface area contributed by atoms with Gasteiger partial charge in [-0.2, -0.15) is 0 Å². The van der Waals surface area contributed by atoms with Crippen molar-refractivity contribution in [3.8, 4) is 0 Å². The summed E-state index contributed by atoms with van der Waals surface area (Å²) in [5.41, 5.74) is -0.196. The van der Waals surface area contributed by atoms with Crippen molar-refractivity contribution < 1.29 is 5.11 Å². The van der Waals surface area contributed by atoms with Crippen molar-refractivity contribution in [3.63, 3.8) is 0 Å². The van der Waals surface area contributed by atoms with Crippen LogP contribution < -0.4 is 11.2 Å². The van der Waals surface area contributed by atoms with Crippen LogP contribution in [0.25, 0.3) is 11.2 Å². The molecule has 104 valence electrons. The molecule has 0 amide bonds. The van der Waals surface area contributed by atoms with Gasteiger partial charge in [0.15, 0.2) is 11.2 Å². The summed E-state index contributed by atoms with van der Waals surface area (Å²) in [6.07, 6.45) is 2.67. The molecule has 0 fully saturated rings. The molecule has 2 aromatic heterocycles. The van der Waals surface area contributed by atoms with Gasteiger partial charge in [0.1, 0.15) is 0 Å². The number of H-pyrrole nitrogens is 1. The van der Waals surface area contributed by atoms with E-state index in [0.717, 1.165) is 12.8 Å². The minimum Gasteiger partial charge on any atom is -0.392 e. The number of imidazole rings is 1. The fourth-order valence-electron chi connectivity index (χ4n) is 2.07. The van der Waals surface area contributed by atoms with E-state index in [2.05, 4.69) is 9.97 Å². The topological polar surface area (TPSA) is 92.9 Å². The third kappa shape index (κ3) is 2.60. The first-order chi connectivity index (χ1) is 9.04. The predicted molar refractivity (Wildman–Crippen MR) is 71.2 cm³/mol. The van der Waals surface area contributed by atoms with Gasteiger partial charge in [0.05, 0.1) is 19.0 Å². The predicted octanol–water partition coefficient (Wildman–Crippen LogP) is 0.0672. The number of hydrogen-bond donors (Lipinski definition) is 2. The highest BCUT2D eigenvalue weighted by Crippen LogP contribution is 2.07. The number of aromatic nitrogens is 4. The second-order valence-electron chi connectivity index (χ2n) is 4.68. The van der Waals surface area contributed by atoms with Gasteiger partial charge in [-0.15, -0.1) is 0 Å². The van der Waals surface area contributed by atoms with Crippen LogP contribution >= 0.6 is 0 Å². The number of hydrogen-bond acceptors (Lipinski definition) is 4. The maximum absolute atomic E-state index is 11.9. The zero-order valence-electron chi connectivity index (χ0n) is 11.1. The van der Waals surface area contributed by atoms with Crippen LogP contribution in [0.3, 0.4) is 0 Å². The van der Waals surface area contributed by atoms with Crippen molar-refractivity contribution in [1.82, 2.24) is 19.1 Å². The Morgan fingerprint density at radius 2 is 2.21 bits per heavy atom. The Balaban J connectivity index is 2.61. The van der Waals surface area contributed by atoms with E-state index < -0.39 is 17.4 Å². The molecule has 2 heterocycles. The second kappa shape index (κ2) is 5.40. The molecular weight excluding hydrogens is 248 g/mol. The molecule has 0 spiro atoms. The molecule has 2 aromatic rings. The van der Waals surface area contributed by atoms with Crippen LogP contribution in [0.4, 0.5) is 0 Å². The summed E-state index contributed by atoms with van der Waals surface area (Å²) in [5.74, 6) is 0. The standard InChI is InChI=1S/C12H18N4O3/c1-3-4-5-16-10-9(11(18)14-12(16)19)15(7-13-10)6-8(2)17/h7-8,17H,3-6H2,1-2H3,(H,14,18,19). The summed E-state index contributed by atoms with van der Waals surface area (Å²) < 4.78 is 3.04. The Labute approximate surface area is 109 Å². The average molecular weight is 266 g/mol. The molecular formula is C12H18N4O3. The summed E-state index contributed by atoms with van der Waals surface area (Å²) in [6.45, 7) is 4.45. The molecule has 0 radical (unpaired) electrons. The largest absolute Gasteiger partial charge is 0.392 e. The number of aromatic amines is 1. The van der Waals surface area contributed by atoms with Gasteiger partial charge in [-0.1, -0.05) is 13.3 Å². The van der Waals surface area contributed by atoms with Crippen LogP contribution in [-0.2, 0) is 13.1 Å². The molecule has 1 unspecified atom stereocenters. The number of fused-ring (bicyclic) bond motifs is 1. The van der Waals surface area contributed by atoms with Crippen molar-refractivity contribution in [2.75, 3.05) is 0 Å². The maximum atomic E-state index is 11.9. The lowest BCUT2D eigenvalue weighted by atomic mass is 10.3. The normalized spacial score (nSPS) is 13.0. The molecule has 0 aliphatic rings. The van der Waals surface area contributed by atoms with Gasteiger partial charge < -0.3 is 9.67 Å². The van der Waals surface area contributed by atoms with Gasteiger partial charge >= 0.3 is 5.69 Å². The molecule has 19 heavy (non-hydrogen) atoms. The molecule has 0 bridgehead atoms. The number of nitrogens with zero attached hydrogens (tertiary/aromatic N) is 3. The van der Waals surface area contributed by atoms with Gasteiger partial charge in [-0.05, 0) is 13.3 Å². The quantitative estimate of drug-likeness (QED) is 0.800. The lowest BCUT2D eigenvalue weighted by Gasteiger charge is -2.07. The molecule has 0 aromatic carbocycles. The first kappa shape index (κ1) is 13.5. The third-order valence-electron chi connectivity index (χ3n) is 2.95. The molecule has 0 saturated carbocycles. The molecule has 2 N–H and O–H groups in total. The molecule has 2 rings (SSSR count). The average Bonchev–Trinajstić information content (AvgIpc) is 2.72. The minimum absolute atomic E-state index is 0.269. The fraction of sp³-hybridized carbons (Fsp3) is 0.583. The van der Waals surface area contributed by atoms with E-state index in [1.54, 1.807) is 11.5 Å². The molecule has 7 nitrogen and oxygen atoms in total. The van der Waals surface area contributed by atoms with Crippen molar-refractivity contribution >= 4 is 11.2 Å². The van der Waals surface area contributed by atoms with Gasteiger partial charge in [0.2, 0.25) is 0 Å². The Morgan fingerprint density at radius 1 is 1.47 bits per heavy atom. The summed E-state index contributed by atoms with van der Waals surface area (Å²) >= 11 is 0. The fourth-order valence-corrected chi connectivity index (χ4v) is 2.07. The summed E-state index contributed by atoms with van der Waals surface area (Å²) in [5, 5.41) is 9.41. The number of aliphatic hydroxyl groups is 1. The van der Waals surface area contributed by atoms with E-state index in [9.17, 15) is 14.7 Å². The lowest BCUT2D eigenvalue weighted by molar-refractivity contribution is 0.175. The van der Waals surface area contributed by atoms with E-state index in [1.807, 2.05) is 6.92 Å². The van der Waals surface area contributed by atoms with Crippen LogP contribution in [0.2, 0.25) is 0 Å². The Kier molecular flexibility index (Phi) is 3.84. The zero-order valence-corrected chi connectivity index (χ0v) is 11.1. The van der Waals surface area contributed by atoms with E-state index in [4.69, 9.17) is 0 Å². The van der Waals surface area contributed by atoms with Crippen molar-refractivity contribution in [1.29, 1.82) is 0 Å². The number of rotatable bonds is 5. The monoisotopic (exact) mass is 266 g/mol. The number of nitrogens with one attached hydrogen (secondary N) is 1. The molecule has 0 aliphatic heterocycles. The van der Waals surface area contributed by atoms with Gasteiger partial charge in [-0.25, -0.2) is 9.78 Å². The van der Waals surface area contributed by atoms with Crippen molar-refractivity contribution in [3.05, 3.63) is 27.2 Å². The first-order valence-corrected chi connectivity index (χ1v) is 6.40. The Bertz CT molecular complexity index is 680. The molecule has 1 atom stereocenters. The summed E-state index contributed by atoms with van der Waals surface area (Å²) in [6, 6.07) is 0. The van der Waals surface area contributed by atoms with Gasteiger partial charge in [0, 0.05) is 6.54 Å². The number of aliphatic hydroxyl groups excluding tert-OH is 1. The summed E-state index contributed by atoms with van der Waals surface area (Å²) in [7, 11) is 0. The Morgan fingerprint density at radius 3 is 2.84 bits per heavy atom. The van der Waals surface area contributed by atoms with E-state index >= 15 is 0 Å². The van der Waals surface area contributed by atoms with Crippen LogP contribution in [-0.4, -0.2) is 30.3 Å².